The second kappa shape index (κ2) is 8.93. The van der Waals surface area contributed by atoms with Gasteiger partial charge in [-0.3, -0.25) is 9.48 Å². The van der Waals surface area contributed by atoms with Gasteiger partial charge in [-0.05, 0) is 56.5 Å². The van der Waals surface area contributed by atoms with Gasteiger partial charge in [-0.2, -0.15) is 10.2 Å². The van der Waals surface area contributed by atoms with Crippen LogP contribution in [0.2, 0.25) is 5.02 Å². The van der Waals surface area contributed by atoms with E-state index in [9.17, 15) is 4.79 Å². The molecule has 0 saturated carbocycles. The number of aromatic nitrogens is 4. The van der Waals surface area contributed by atoms with E-state index in [1.807, 2.05) is 32.9 Å². The normalized spacial score (nSPS) is 10.9. The Balaban J connectivity index is 1.44. The van der Waals surface area contributed by atoms with Gasteiger partial charge in [-0.15, -0.1) is 0 Å². The first-order valence-electron chi connectivity index (χ1n) is 9.13. The van der Waals surface area contributed by atoms with Crippen LogP contribution in [0.1, 0.15) is 33.7 Å². The van der Waals surface area contributed by atoms with Crippen LogP contribution >= 0.6 is 11.6 Å². The maximum atomic E-state index is 12.2. The molecular formula is C20H24ClN5O2. The Morgan fingerprint density at radius 3 is 2.57 bits per heavy atom. The number of carbonyl (C=O) groups is 1. The van der Waals surface area contributed by atoms with E-state index in [0.717, 1.165) is 29.0 Å². The summed E-state index contributed by atoms with van der Waals surface area (Å²) >= 11 is 5.98. The van der Waals surface area contributed by atoms with Crippen LogP contribution in [-0.4, -0.2) is 32.0 Å². The SMILES string of the molecule is Cc1cc(C)cc(OCn2ccc(C(=O)NCCCn3cc(Cl)c(C)n3)n2)c1. The number of aryl methyl sites for hydroxylation is 4. The van der Waals surface area contributed by atoms with Crippen LogP contribution in [0.4, 0.5) is 0 Å². The molecule has 0 radical (unpaired) electrons. The number of carbonyl (C=O) groups excluding carboxylic acids is 1. The quantitative estimate of drug-likeness (QED) is 0.586. The average molecular weight is 402 g/mol. The molecule has 0 fully saturated rings. The third kappa shape index (κ3) is 5.36. The summed E-state index contributed by atoms with van der Waals surface area (Å²) in [7, 11) is 0. The average Bonchev–Trinajstić information content (AvgIpc) is 3.23. The minimum absolute atomic E-state index is 0.208. The first-order valence-corrected chi connectivity index (χ1v) is 9.51. The summed E-state index contributed by atoms with van der Waals surface area (Å²) in [5.74, 6) is 0.577. The Bertz CT molecular complexity index is 924. The van der Waals surface area contributed by atoms with Gasteiger partial charge in [-0.25, -0.2) is 4.68 Å². The molecule has 3 rings (SSSR count). The lowest BCUT2D eigenvalue weighted by Crippen LogP contribution is -2.26. The molecule has 1 amide bonds. The minimum Gasteiger partial charge on any atom is -0.471 e. The van der Waals surface area contributed by atoms with Gasteiger partial charge < -0.3 is 10.1 Å². The second-order valence-corrected chi connectivity index (χ2v) is 7.18. The van der Waals surface area contributed by atoms with E-state index in [1.54, 1.807) is 27.8 Å². The zero-order chi connectivity index (χ0) is 20.1. The topological polar surface area (TPSA) is 74.0 Å². The molecule has 0 spiro atoms. The molecule has 3 aromatic rings. The molecule has 1 N–H and O–H groups in total. The van der Waals surface area contributed by atoms with Crippen molar-refractivity contribution in [3.8, 4) is 5.75 Å². The van der Waals surface area contributed by atoms with Crippen molar-refractivity contribution >= 4 is 17.5 Å². The standard InChI is InChI=1S/C20H24ClN5O2/c1-14-9-15(2)11-17(10-14)28-13-26-8-5-19(24-26)20(27)22-6-4-7-25-12-18(21)16(3)23-25/h5,8-12H,4,6-7,13H2,1-3H3,(H,22,27). The molecule has 2 heterocycles. The summed E-state index contributed by atoms with van der Waals surface area (Å²) in [6.45, 7) is 7.38. The highest BCUT2D eigenvalue weighted by Crippen LogP contribution is 2.16. The molecule has 0 aliphatic carbocycles. The van der Waals surface area contributed by atoms with Gasteiger partial charge in [-0.1, -0.05) is 17.7 Å². The Hall–Kier alpha value is -2.80. The number of hydrogen-bond acceptors (Lipinski definition) is 4. The number of amides is 1. The molecule has 0 aliphatic rings. The maximum Gasteiger partial charge on any atom is 0.271 e. The van der Waals surface area contributed by atoms with E-state index in [0.29, 0.717) is 23.8 Å². The zero-order valence-electron chi connectivity index (χ0n) is 16.3. The molecule has 0 saturated heterocycles. The van der Waals surface area contributed by atoms with Crippen LogP contribution in [-0.2, 0) is 13.3 Å². The number of nitrogens with zero attached hydrogens (tertiary/aromatic N) is 4. The van der Waals surface area contributed by atoms with E-state index in [4.69, 9.17) is 16.3 Å². The van der Waals surface area contributed by atoms with Gasteiger partial charge >= 0.3 is 0 Å². The van der Waals surface area contributed by atoms with Crippen molar-refractivity contribution in [1.82, 2.24) is 24.9 Å². The van der Waals surface area contributed by atoms with Crippen LogP contribution in [0.15, 0.2) is 36.7 Å². The lowest BCUT2D eigenvalue weighted by molar-refractivity contribution is 0.0945. The Kier molecular flexibility index (Phi) is 6.36. The molecule has 7 nitrogen and oxygen atoms in total. The summed E-state index contributed by atoms with van der Waals surface area (Å²) in [4.78, 5) is 12.2. The largest absolute Gasteiger partial charge is 0.471 e. The van der Waals surface area contributed by atoms with Gasteiger partial charge in [0.2, 0.25) is 0 Å². The number of hydrogen-bond donors (Lipinski definition) is 1. The molecule has 148 valence electrons. The van der Waals surface area contributed by atoms with Gasteiger partial charge in [0.15, 0.2) is 6.73 Å². The highest BCUT2D eigenvalue weighted by atomic mass is 35.5. The van der Waals surface area contributed by atoms with Crippen LogP contribution in [0.5, 0.6) is 5.75 Å². The molecule has 0 aliphatic heterocycles. The third-order valence-electron chi connectivity index (χ3n) is 4.17. The van der Waals surface area contributed by atoms with E-state index in [1.165, 1.54) is 0 Å². The van der Waals surface area contributed by atoms with Crippen molar-refractivity contribution in [3.63, 3.8) is 0 Å². The monoisotopic (exact) mass is 401 g/mol. The van der Waals surface area contributed by atoms with Gasteiger partial charge in [0.25, 0.3) is 5.91 Å². The smallest absolute Gasteiger partial charge is 0.271 e. The molecule has 1 aromatic carbocycles. The third-order valence-corrected chi connectivity index (χ3v) is 4.54. The maximum absolute atomic E-state index is 12.2. The van der Waals surface area contributed by atoms with Crippen LogP contribution in [0, 0.1) is 20.8 Å². The summed E-state index contributed by atoms with van der Waals surface area (Å²) < 4.78 is 9.13. The fraction of sp³-hybridized carbons (Fsp3) is 0.350. The lowest BCUT2D eigenvalue weighted by Gasteiger charge is -2.08. The molecule has 0 atom stereocenters. The Morgan fingerprint density at radius 2 is 1.89 bits per heavy atom. The van der Waals surface area contributed by atoms with Gasteiger partial charge in [0, 0.05) is 25.5 Å². The first kappa shape index (κ1) is 19.9. The van der Waals surface area contributed by atoms with Crippen molar-refractivity contribution in [1.29, 1.82) is 0 Å². The minimum atomic E-state index is -0.208. The Labute approximate surface area is 169 Å². The number of rotatable bonds is 8. The van der Waals surface area contributed by atoms with Crippen molar-refractivity contribution in [2.24, 2.45) is 0 Å². The molecule has 8 heteroatoms. The van der Waals surface area contributed by atoms with Crippen molar-refractivity contribution in [2.45, 2.75) is 40.5 Å². The molecule has 28 heavy (non-hydrogen) atoms. The molecule has 0 unspecified atom stereocenters. The highest BCUT2D eigenvalue weighted by molar-refractivity contribution is 6.31. The predicted octanol–water partition coefficient (Wildman–Crippen LogP) is 3.51. The zero-order valence-corrected chi connectivity index (χ0v) is 17.0. The first-order chi connectivity index (χ1) is 13.4. The van der Waals surface area contributed by atoms with Crippen molar-refractivity contribution in [2.75, 3.05) is 6.54 Å². The predicted molar refractivity (Wildman–Crippen MR) is 108 cm³/mol. The van der Waals surface area contributed by atoms with E-state index >= 15 is 0 Å². The van der Waals surface area contributed by atoms with E-state index in [-0.39, 0.29) is 12.6 Å². The number of nitrogens with one attached hydrogen (secondary N) is 1. The number of halogens is 1. The number of ether oxygens (including phenoxy) is 1. The number of benzene rings is 1. The fourth-order valence-electron chi connectivity index (χ4n) is 2.85. The molecular weight excluding hydrogens is 378 g/mol. The summed E-state index contributed by atoms with van der Waals surface area (Å²) in [5.41, 5.74) is 3.45. The van der Waals surface area contributed by atoms with Crippen LogP contribution < -0.4 is 10.1 Å². The molecule has 0 bridgehead atoms. The van der Waals surface area contributed by atoms with Crippen LogP contribution in [0.25, 0.3) is 0 Å². The van der Waals surface area contributed by atoms with Crippen molar-refractivity contribution in [3.05, 3.63) is 64.2 Å². The second-order valence-electron chi connectivity index (χ2n) is 6.77. The lowest BCUT2D eigenvalue weighted by atomic mass is 10.1. The summed E-state index contributed by atoms with van der Waals surface area (Å²) in [5, 5.41) is 12.1. The van der Waals surface area contributed by atoms with E-state index < -0.39 is 0 Å². The van der Waals surface area contributed by atoms with Gasteiger partial charge in [0.1, 0.15) is 11.4 Å². The fourth-order valence-corrected chi connectivity index (χ4v) is 3.00. The summed E-state index contributed by atoms with van der Waals surface area (Å²) in [6.07, 6.45) is 4.27. The Morgan fingerprint density at radius 1 is 1.14 bits per heavy atom. The van der Waals surface area contributed by atoms with E-state index in [2.05, 4.69) is 21.6 Å². The highest BCUT2D eigenvalue weighted by Gasteiger charge is 2.09. The molecule has 2 aromatic heterocycles. The van der Waals surface area contributed by atoms with Crippen molar-refractivity contribution < 1.29 is 9.53 Å². The van der Waals surface area contributed by atoms with Crippen LogP contribution in [0.3, 0.4) is 0 Å². The summed E-state index contributed by atoms with van der Waals surface area (Å²) in [6, 6.07) is 7.71. The van der Waals surface area contributed by atoms with Gasteiger partial charge in [0.05, 0.1) is 10.7 Å².